The van der Waals surface area contributed by atoms with Gasteiger partial charge in [-0.1, -0.05) is 0 Å². The molecule has 6 nitrogen and oxygen atoms in total. The maximum absolute atomic E-state index is 5.83. The summed E-state index contributed by atoms with van der Waals surface area (Å²) >= 11 is 0. The number of hydrogen-bond donors (Lipinski definition) is 1. The summed E-state index contributed by atoms with van der Waals surface area (Å²) in [5.74, 6) is 0.808. The average molecular weight is 284 g/mol. The molecule has 2 aromatic heterocycles. The van der Waals surface area contributed by atoms with Crippen LogP contribution in [0.25, 0.3) is 0 Å². The van der Waals surface area contributed by atoms with Gasteiger partial charge in [0.15, 0.2) is 0 Å². The van der Waals surface area contributed by atoms with Crippen LogP contribution in [0.1, 0.15) is 11.3 Å². The third-order valence-electron chi connectivity index (χ3n) is 3.77. The Morgan fingerprint density at radius 2 is 1.71 bits per heavy atom. The highest BCUT2D eigenvalue weighted by atomic mass is 15.3. The molecule has 0 radical (unpaired) electrons. The lowest BCUT2D eigenvalue weighted by Gasteiger charge is -2.36. The molecule has 1 fully saturated rings. The van der Waals surface area contributed by atoms with Gasteiger partial charge in [-0.25, -0.2) is 9.97 Å². The minimum Gasteiger partial charge on any atom is -0.368 e. The van der Waals surface area contributed by atoms with Crippen LogP contribution in [0.15, 0.2) is 30.7 Å². The SMILES string of the molecule is Cc1cc(N2CCN(c3ncccn3)CC2)c(CN)cn1. The molecular weight excluding hydrogens is 264 g/mol. The maximum Gasteiger partial charge on any atom is 0.225 e. The fourth-order valence-corrected chi connectivity index (χ4v) is 2.63. The summed E-state index contributed by atoms with van der Waals surface area (Å²) in [7, 11) is 0. The number of anilines is 2. The van der Waals surface area contributed by atoms with Gasteiger partial charge in [0.05, 0.1) is 0 Å². The molecule has 0 saturated carbocycles. The van der Waals surface area contributed by atoms with Crippen LogP contribution in [0.2, 0.25) is 0 Å². The quantitative estimate of drug-likeness (QED) is 0.905. The van der Waals surface area contributed by atoms with Gasteiger partial charge < -0.3 is 15.5 Å². The average Bonchev–Trinajstić information content (AvgIpc) is 2.56. The highest BCUT2D eigenvalue weighted by molar-refractivity contribution is 5.55. The largest absolute Gasteiger partial charge is 0.368 e. The standard InChI is InChI=1S/C15H20N6/c1-12-9-14(13(10-16)11-19-12)20-5-7-21(8-6-20)15-17-3-2-4-18-15/h2-4,9,11H,5-8,10,16H2,1H3. The zero-order valence-corrected chi connectivity index (χ0v) is 12.2. The van der Waals surface area contributed by atoms with Crippen LogP contribution in [-0.2, 0) is 6.54 Å². The molecule has 0 amide bonds. The first-order valence-corrected chi connectivity index (χ1v) is 7.20. The molecule has 0 aliphatic carbocycles. The Kier molecular flexibility index (Phi) is 3.96. The van der Waals surface area contributed by atoms with Crippen LogP contribution < -0.4 is 15.5 Å². The molecule has 21 heavy (non-hydrogen) atoms. The van der Waals surface area contributed by atoms with Gasteiger partial charge >= 0.3 is 0 Å². The van der Waals surface area contributed by atoms with Crippen molar-refractivity contribution in [2.24, 2.45) is 5.73 Å². The fourth-order valence-electron chi connectivity index (χ4n) is 2.63. The minimum absolute atomic E-state index is 0.518. The number of rotatable bonds is 3. The summed E-state index contributed by atoms with van der Waals surface area (Å²) < 4.78 is 0. The van der Waals surface area contributed by atoms with Gasteiger partial charge in [0, 0.05) is 68.3 Å². The Bertz CT molecular complexity index is 592. The number of nitrogens with two attached hydrogens (primary N) is 1. The van der Waals surface area contributed by atoms with Gasteiger partial charge in [0.25, 0.3) is 0 Å². The van der Waals surface area contributed by atoms with E-state index in [1.165, 1.54) is 5.69 Å². The van der Waals surface area contributed by atoms with E-state index in [-0.39, 0.29) is 0 Å². The number of aryl methyl sites for hydroxylation is 1. The number of hydrogen-bond acceptors (Lipinski definition) is 6. The second kappa shape index (κ2) is 6.05. The Morgan fingerprint density at radius 3 is 2.38 bits per heavy atom. The molecule has 3 rings (SSSR count). The van der Waals surface area contributed by atoms with Gasteiger partial charge in [-0.2, -0.15) is 0 Å². The second-order valence-corrected chi connectivity index (χ2v) is 5.18. The molecule has 0 aromatic carbocycles. The highest BCUT2D eigenvalue weighted by Crippen LogP contribution is 2.22. The summed E-state index contributed by atoms with van der Waals surface area (Å²) in [6, 6.07) is 3.96. The summed E-state index contributed by atoms with van der Waals surface area (Å²) in [6.07, 6.45) is 5.46. The number of aromatic nitrogens is 3. The molecule has 2 aromatic rings. The van der Waals surface area contributed by atoms with Crippen molar-refractivity contribution in [3.8, 4) is 0 Å². The third-order valence-corrected chi connectivity index (χ3v) is 3.77. The molecular formula is C15H20N6. The first-order chi connectivity index (χ1) is 10.3. The van der Waals surface area contributed by atoms with Crippen molar-refractivity contribution >= 4 is 11.6 Å². The van der Waals surface area contributed by atoms with Crippen molar-refractivity contribution in [1.82, 2.24) is 15.0 Å². The molecule has 1 aliphatic rings. The number of piperazine rings is 1. The van der Waals surface area contributed by atoms with E-state index in [0.29, 0.717) is 6.54 Å². The van der Waals surface area contributed by atoms with Crippen LogP contribution in [-0.4, -0.2) is 41.1 Å². The Labute approximate surface area is 124 Å². The Morgan fingerprint density at radius 1 is 1.05 bits per heavy atom. The zero-order chi connectivity index (χ0) is 14.7. The number of pyridine rings is 1. The van der Waals surface area contributed by atoms with Gasteiger partial charge in [0.2, 0.25) is 5.95 Å². The summed E-state index contributed by atoms with van der Waals surface area (Å²) in [5.41, 5.74) is 9.16. The van der Waals surface area contributed by atoms with Crippen LogP contribution in [0.3, 0.4) is 0 Å². The van der Waals surface area contributed by atoms with E-state index in [0.717, 1.165) is 43.4 Å². The van der Waals surface area contributed by atoms with Crippen molar-refractivity contribution in [2.45, 2.75) is 13.5 Å². The molecule has 110 valence electrons. The van der Waals surface area contributed by atoms with E-state index in [9.17, 15) is 0 Å². The van der Waals surface area contributed by atoms with Gasteiger partial charge in [-0.15, -0.1) is 0 Å². The summed E-state index contributed by atoms with van der Waals surface area (Å²) in [6.45, 7) is 6.23. The lowest BCUT2D eigenvalue weighted by Crippen LogP contribution is -2.47. The monoisotopic (exact) mass is 284 g/mol. The molecule has 0 bridgehead atoms. The van der Waals surface area contributed by atoms with Gasteiger partial charge in [-0.3, -0.25) is 4.98 Å². The Hall–Kier alpha value is -2.21. The van der Waals surface area contributed by atoms with Crippen molar-refractivity contribution in [1.29, 1.82) is 0 Å². The van der Waals surface area contributed by atoms with Crippen molar-refractivity contribution in [2.75, 3.05) is 36.0 Å². The fraction of sp³-hybridized carbons (Fsp3) is 0.400. The Balaban J connectivity index is 1.73. The third kappa shape index (κ3) is 2.95. The smallest absolute Gasteiger partial charge is 0.225 e. The molecule has 0 spiro atoms. The first kappa shape index (κ1) is 13.8. The normalized spacial score (nSPS) is 15.3. The lowest BCUT2D eigenvalue weighted by atomic mass is 10.1. The highest BCUT2D eigenvalue weighted by Gasteiger charge is 2.20. The predicted octanol–water partition coefficient (Wildman–Crippen LogP) is 0.965. The van der Waals surface area contributed by atoms with Crippen LogP contribution in [0.5, 0.6) is 0 Å². The van der Waals surface area contributed by atoms with Crippen LogP contribution in [0.4, 0.5) is 11.6 Å². The van der Waals surface area contributed by atoms with Gasteiger partial charge in [-0.05, 0) is 19.1 Å². The van der Waals surface area contributed by atoms with Crippen molar-refractivity contribution in [3.05, 3.63) is 42.0 Å². The van der Waals surface area contributed by atoms with Crippen molar-refractivity contribution < 1.29 is 0 Å². The maximum atomic E-state index is 5.83. The van der Waals surface area contributed by atoms with E-state index >= 15 is 0 Å². The second-order valence-electron chi connectivity index (χ2n) is 5.18. The first-order valence-electron chi connectivity index (χ1n) is 7.20. The predicted molar refractivity (Wildman–Crippen MR) is 83.3 cm³/mol. The number of nitrogens with zero attached hydrogens (tertiary/aromatic N) is 5. The molecule has 6 heteroatoms. The lowest BCUT2D eigenvalue weighted by molar-refractivity contribution is 0.637. The minimum atomic E-state index is 0.518. The molecule has 0 unspecified atom stereocenters. The van der Waals surface area contributed by atoms with E-state index in [1.807, 2.05) is 19.2 Å². The molecule has 2 N–H and O–H groups in total. The molecule has 1 aliphatic heterocycles. The zero-order valence-electron chi connectivity index (χ0n) is 12.2. The molecule has 1 saturated heterocycles. The molecule has 0 atom stereocenters. The van der Waals surface area contributed by atoms with Crippen LogP contribution >= 0.6 is 0 Å². The molecule has 3 heterocycles. The topological polar surface area (TPSA) is 71.2 Å². The van der Waals surface area contributed by atoms with E-state index in [2.05, 4.69) is 30.8 Å². The van der Waals surface area contributed by atoms with Gasteiger partial charge in [0.1, 0.15) is 0 Å². The van der Waals surface area contributed by atoms with Crippen molar-refractivity contribution in [3.63, 3.8) is 0 Å². The summed E-state index contributed by atoms with van der Waals surface area (Å²) in [4.78, 5) is 17.5. The van der Waals surface area contributed by atoms with E-state index in [1.54, 1.807) is 12.4 Å². The van der Waals surface area contributed by atoms with E-state index in [4.69, 9.17) is 5.73 Å². The van der Waals surface area contributed by atoms with E-state index < -0.39 is 0 Å². The van der Waals surface area contributed by atoms with Crippen LogP contribution in [0, 0.1) is 6.92 Å². The summed E-state index contributed by atoms with van der Waals surface area (Å²) in [5, 5.41) is 0.